The van der Waals surface area contributed by atoms with E-state index in [-0.39, 0.29) is 6.42 Å². The minimum atomic E-state index is -1.23. The third kappa shape index (κ3) is 7.84. The molecule has 0 bridgehead atoms. The van der Waals surface area contributed by atoms with Gasteiger partial charge in [0, 0.05) is 0 Å². The van der Waals surface area contributed by atoms with Gasteiger partial charge in [-0.25, -0.2) is 0 Å². The molecule has 0 unspecified atom stereocenters. The SMILES string of the molecule is COC(=O)C[C@H](N)C(=O)OCOC(=O)C[C@H](N)C(=O)OC. The first-order valence-corrected chi connectivity index (χ1v) is 5.79. The van der Waals surface area contributed by atoms with Crippen molar-refractivity contribution in [3.8, 4) is 0 Å². The molecule has 0 fully saturated rings. The van der Waals surface area contributed by atoms with E-state index >= 15 is 0 Å². The van der Waals surface area contributed by atoms with Crippen LogP contribution in [0.3, 0.4) is 0 Å². The highest BCUT2D eigenvalue weighted by atomic mass is 16.7. The molecule has 120 valence electrons. The maximum Gasteiger partial charge on any atom is 0.326 e. The monoisotopic (exact) mass is 306 g/mol. The fourth-order valence-corrected chi connectivity index (χ4v) is 1.08. The minimum absolute atomic E-state index is 0.365. The molecule has 21 heavy (non-hydrogen) atoms. The lowest BCUT2D eigenvalue weighted by molar-refractivity contribution is -0.170. The van der Waals surface area contributed by atoms with Crippen LogP contribution >= 0.6 is 0 Å². The Kier molecular flexibility index (Phi) is 8.65. The normalized spacial score (nSPS) is 12.8. The fourth-order valence-electron chi connectivity index (χ4n) is 1.08. The molecule has 0 heterocycles. The van der Waals surface area contributed by atoms with Gasteiger partial charge < -0.3 is 30.4 Å². The Hall–Kier alpha value is -2.20. The van der Waals surface area contributed by atoms with E-state index in [9.17, 15) is 19.2 Å². The molecule has 4 N–H and O–H groups in total. The Morgan fingerprint density at radius 1 is 0.810 bits per heavy atom. The summed E-state index contributed by atoms with van der Waals surface area (Å²) < 4.78 is 17.7. The zero-order valence-electron chi connectivity index (χ0n) is 11.7. The molecule has 0 aromatic heterocycles. The van der Waals surface area contributed by atoms with Crippen LogP contribution in [0, 0.1) is 0 Å². The van der Waals surface area contributed by atoms with Crippen molar-refractivity contribution in [1.29, 1.82) is 0 Å². The number of hydrogen-bond acceptors (Lipinski definition) is 10. The number of ether oxygens (including phenoxy) is 4. The van der Waals surface area contributed by atoms with Gasteiger partial charge in [-0.15, -0.1) is 0 Å². The number of carbonyl (C=O) groups excluding carboxylic acids is 4. The van der Waals surface area contributed by atoms with Crippen LogP contribution in [0.2, 0.25) is 0 Å². The Morgan fingerprint density at radius 2 is 1.33 bits per heavy atom. The van der Waals surface area contributed by atoms with Crippen molar-refractivity contribution in [3.63, 3.8) is 0 Å². The molecule has 0 aliphatic carbocycles. The summed E-state index contributed by atoms with van der Waals surface area (Å²) in [4.78, 5) is 44.4. The minimum Gasteiger partial charge on any atom is -0.469 e. The highest BCUT2D eigenvalue weighted by Gasteiger charge is 2.21. The van der Waals surface area contributed by atoms with Crippen LogP contribution in [0.15, 0.2) is 0 Å². The number of hydrogen-bond donors (Lipinski definition) is 2. The lowest BCUT2D eigenvalue weighted by atomic mass is 10.2. The first kappa shape index (κ1) is 18.8. The standard InChI is InChI=1S/C11H18N2O8/c1-18-8(14)3-7(13)11(17)21-5-20-9(15)4-6(12)10(16)19-2/h6-7H,3-5,12-13H2,1-2H3/t6-,7-/m0/s1. The van der Waals surface area contributed by atoms with Crippen molar-refractivity contribution in [2.75, 3.05) is 21.0 Å². The van der Waals surface area contributed by atoms with E-state index in [4.69, 9.17) is 11.5 Å². The quantitative estimate of drug-likeness (QED) is 0.286. The molecule has 2 atom stereocenters. The van der Waals surface area contributed by atoms with E-state index in [0.29, 0.717) is 0 Å². The van der Waals surface area contributed by atoms with E-state index in [0.717, 1.165) is 14.2 Å². The van der Waals surface area contributed by atoms with Crippen molar-refractivity contribution in [2.45, 2.75) is 24.9 Å². The zero-order chi connectivity index (χ0) is 16.4. The number of methoxy groups -OCH3 is 2. The van der Waals surface area contributed by atoms with Crippen LogP contribution in [0.5, 0.6) is 0 Å². The van der Waals surface area contributed by atoms with Crippen molar-refractivity contribution < 1.29 is 38.1 Å². The molecule has 0 amide bonds. The van der Waals surface area contributed by atoms with Crippen molar-refractivity contribution in [1.82, 2.24) is 0 Å². The second kappa shape index (κ2) is 9.66. The van der Waals surface area contributed by atoms with Gasteiger partial charge in [0.15, 0.2) is 0 Å². The summed E-state index contributed by atoms with van der Waals surface area (Å²) in [7, 11) is 2.27. The highest BCUT2D eigenvalue weighted by molar-refractivity contribution is 5.83. The maximum atomic E-state index is 11.3. The molecule has 0 aromatic carbocycles. The van der Waals surface area contributed by atoms with E-state index in [1.54, 1.807) is 0 Å². The van der Waals surface area contributed by atoms with E-state index in [1.165, 1.54) is 0 Å². The first-order valence-electron chi connectivity index (χ1n) is 5.79. The van der Waals surface area contributed by atoms with Crippen LogP contribution in [0.25, 0.3) is 0 Å². The molecule has 0 radical (unpaired) electrons. The first-order chi connectivity index (χ1) is 9.81. The predicted molar refractivity (Wildman–Crippen MR) is 66.3 cm³/mol. The van der Waals surface area contributed by atoms with Crippen LogP contribution in [0.1, 0.15) is 12.8 Å². The van der Waals surface area contributed by atoms with Crippen LogP contribution in [-0.2, 0) is 38.1 Å². The lowest BCUT2D eigenvalue weighted by Crippen LogP contribution is -2.36. The average Bonchev–Trinajstić information content (AvgIpc) is 2.45. The molecule has 0 aromatic rings. The summed E-state index contributed by atoms with van der Waals surface area (Å²) in [6.45, 7) is -0.708. The topological polar surface area (TPSA) is 157 Å². The van der Waals surface area contributed by atoms with Gasteiger partial charge >= 0.3 is 23.9 Å². The number of carbonyl (C=O) groups is 4. The van der Waals surface area contributed by atoms with Gasteiger partial charge in [-0.1, -0.05) is 0 Å². The lowest BCUT2D eigenvalue weighted by Gasteiger charge is -2.11. The summed E-state index contributed by atoms with van der Waals surface area (Å²) in [6.07, 6.45) is -0.797. The van der Waals surface area contributed by atoms with Gasteiger partial charge in [-0.3, -0.25) is 19.2 Å². The van der Waals surface area contributed by atoms with Gasteiger partial charge in [-0.05, 0) is 0 Å². The van der Waals surface area contributed by atoms with Crippen molar-refractivity contribution in [2.24, 2.45) is 11.5 Å². The molecule has 10 nitrogen and oxygen atoms in total. The van der Waals surface area contributed by atoms with E-state index in [2.05, 4.69) is 18.9 Å². The summed E-state index contributed by atoms with van der Waals surface area (Å²) in [5, 5.41) is 0. The smallest absolute Gasteiger partial charge is 0.326 e. The molecule has 0 saturated heterocycles. The summed E-state index contributed by atoms with van der Waals surface area (Å²) in [5.74, 6) is -3.25. The Balaban J connectivity index is 3.97. The van der Waals surface area contributed by atoms with E-state index < -0.39 is 49.2 Å². The molecular formula is C11H18N2O8. The molecule has 0 aliphatic heterocycles. The molecule has 10 heteroatoms. The second-order valence-corrected chi connectivity index (χ2v) is 3.82. The number of nitrogens with two attached hydrogens (primary N) is 2. The van der Waals surface area contributed by atoms with Gasteiger partial charge in [0.25, 0.3) is 0 Å². The zero-order valence-corrected chi connectivity index (χ0v) is 11.7. The third-order valence-electron chi connectivity index (χ3n) is 2.23. The number of esters is 4. The molecule has 0 aliphatic rings. The van der Waals surface area contributed by atoms with E-state index in [1.807, 2.05) is 0 Å². The van der Waals surface area contributed by atoms with Crippen LogP contribution in [0.4, 0.5) is 0 Å². The predicted octanol–water partition coefficient (Wildman–Crippen LogP) is -2.19. The molecule has 0 saturated carbocycles. The van der Waals surface area contributed by atoms with Crippen molar-refractivity contribution in [3.05, 3.63) is 0 Å². The molecule has 0 rings (SSSR count). The summed E-state index contributed by atoms with van der Waals surface area (Å²) in [6, 6.07) is -2.40. The van der Waals surface area contributed by atoms with Gasteiger partial charge in [0.1, 0.15) is 12.1 Å². The third-order valence-corrected chi connectivity index (χ3v) is 2.23. The summed E-state index contributed by atoms with van der Waals surface area (Å²) in [5.41, 5.74) is 10.7. The van der Waals surface area contributed by atoms with Gasteiger partial charge in [0.05, 0.1) is 27.1 Å². The summed E-state index contributed by atoms with van der Waals surface area (Å²) >= 11 is 0. The van der Waals surface area contributed by atoms with Gasteiger partial charge in [0.2, 0.25) is 6.79 Å². The average molecular weight is 306 g/mol. The second-order valence-electron chi connectivity index (χ2n) is 3.82. The molecular weight excluding hydrogens is 288 g/mol. The highest BCUT2D eigenvalue weighted by Crippen LogP contribution is 1.98. The van der Waals surface area contributed by atoms with Crippen molar-refractivity contribution >= 4 is 23.9 Å². The Bertz CT molecular complexity index is 398. The van der Waals surface area contributed by atoms with Crippen LogP contribution in [-0.4, -0.2) is 57.0 Å². The number of rotatable bonds is 8. The maximum absolute atomic E-state index is 11.3. The Morgan fingerprint density at radius 3 is 1.86 bits per heavy atom. The van der Waals surface area contributed by atoms with Gasteiger partial charge in [-0.2, -0.15) is 0 Å². The fraction of sp³-hybridized carbons (Fsp3) is 0.636. The largest absolute Gasteiger partial charge is 0.469 e. The van der Waals surface area contributed by atoms with Crippen LogP contribution < -0.4 is 11.5 Å². The Labute approximate surface area is 120 Å². The molecule has 0 spiro atoms.